The third-order valence-electron chi connectivity index (χ3n) is 4.61. The lowest BCUT2D eigenvalue weighted by Gasteiger charge is -2.43. The number of benzene rings is 1. The van der Waals surface area contributed by atoms with Crippen molar-refractivity contribution in [3.05, 3.63) is 23.8 Å². The van der Waals surface area contributed by atoms with Crippen molar-refractivity contribution in [1.82, 2.24) is 0 Å². The van der Waals surface area contributed by atoms with Gasteiger partial charge in [-0.05, 0) is 17.7 Å². The lowest BCUT2D eigenvalue weighted by molar-refractivity contribution is -0.282. The van der Waals surface area contributed by atoms with E-state index >= 15 is 0 Å². The Hall–Kier alpha value is -3.71. The summed E-state index contributed by atoms with van der Waals surface area (Å²) >= 11 is 0. The van der Waals surface area contributed by atoms with E-state index in [9.17, 15) is 29.1 Å². The Morgan fingerprint density at radius 2 is 1.49 bits per heavy atom. The number of carbonyl (C=O) groups excluding carboxylic acids is 5. The van der Waals surface area contributed by atoms with Gasteiger partial charge >= 0.3 is 23.9 Å². The van der Waals surface area contributed by atoms with E-state index in [0.29, 0.717) is 5.56 Å². The van der Waals surface area contributed by atoms with Gasteiger partial charge in [0, 0.05) is 27.7 Å². The standard InChI is InChI=1S/C22H27NO12/c1-10(25)23-15-8-14(9-24)6-7-16(15)34-22-20(33-13(4)28)18(32-12(3)27)17(31-11(2)26)19(35-22)21(29)30-5/h6-8,17-20,22,24H,9H2,1-5H3,(H,23,25). The average Bonchev–Trinajstić information content (AvgIpc) is 2.76. The van der Waals surface area contributed by atoms with Crippen molar-refractivity contribution in [2.75, 3.05) is 12.4 Å². The maximum absolute atomic E-state index is 12.5. The molecule has 1 aromatic rings. The van der Waals surface area contributed by atoms with Gasteiger partial charge in [0.2, 0.25) is 18.3 Å². The quantitative estimate of drug-likeness (QED) is 0.370. The summed E-state index contributed by atoms with van der Waals surface area (Å²) in [4.78, 5) is 59.6. The summed E-state index contributed by atoms with van der Waals surface area (Å²) in [6, 6.07) is 4.33. The summed E-state index contributed by atoms with van der Waals surface area (Å²) < 4.78 is 32.0. The summed E-state index contributed by atoms with van der Waals surface area (Å²) in [5.41, 5.74) is 0.581. The molecule has 2 N–H and O–H groups in total. The van der Waals surface area contributed by atoms with Gasteiger partial charge in [0.1, 0.15) is 5.75 Å². The Balaban J connectivity index is 2.57. The third-order valence-corrected chi connectivity index (χ3v) is 4.61. The molecular weight excluding hydrogens is 470 g/mol. The smallest absolute Gasteiger partial charge is 0.339 e. The normalized spacial score (nSPS) is 23.4. The molecule has 1 fully saturated rings. The lowest BCUT2D eigenvalue weighted by Crippen LogP contribution is -2.64. The van der Waals surface area contributed by atoms with E-state index in [1.165, 1.54) is 25.1 Å². The van der Waals surface area contributed by atoms with Crippen LogP contribution in [0.1, 0.15) is 33.3 Å². The largest absolute Gasteiger partial charge is 0.467 e. The second-order valence-electron chi connectivity index (χ2n) is 7.46. The number of aliphatic hydroxyl groups is 1. The number of hydrogen-bond donors (Lipinski definition) is 2. The molecule has 1 amide bonds. The third kappa shape index (κ3) is 7.39. The Kier molecular flexibility index (Phi) is 9.54. The number of aliphatic hydroxyl groups excluding tert-OH is 1. The monoisotopic (exact) mass is 497 g/mol. The first-order chi connectivity index (χ1) is 16.5. The van der Waals surface area contributed by atoms with Gasteiger partial charge in [0.25, 0.3) is 0 Å². The molecule has 1 saturated heterocycles. The Morgan fingerprint density at radius 1 is 0.914 bits per heavy atom. The van der Waals surface area contributed by atoms with E-state index in [4.69, 9.17) is 28.4 Å². The second kappa shape index (κ2) is 12.1. The van der Waals surface area contributed by atoms with Crippen LogP contribution in [0.25, 0.3) is 0 Å². The van der Waals surface area contributed by atoms with Crippen LogP contribution >= 0.6 is 0 Å². The fourth-order valence-electron chi connectivity index (χ4n) is 3.37. The molecule has 13 heteroatoms. The van der Waals surface area contributed by atoms with Gasteiger partial charge in [0.05, 0.1) is 19.4 Å². The van der Waals surface area contributed by atoms with Crippen molar-refractivity contribution in [3.63, 3.8) is 0 Å². The molecule has 1 heterocycles. The van der Waals surface area contributed by atoms with Gasteiger partial charge in [-0.1, -0.05) is 6.07 Å². The maximum Gasteiger partial charge on any atom is 0.339 e. The highest BCUT2D eigenvalue weighted by molar-refractivity contribution is 5.90. The van der Waals surface area contributed by atoms with Crippen LogP contribution < -0.4 is 10.1 Å². The minimum atomic E-state index is -1.63. The van der Waals surface area contributed by atoms with Crippen LogP contribution in [-0.2, 0) is 54.3 Å². The van der Waals surface area contributed by atoms with Gasteiger partial charge in [0.15, 0.2) is 18.3 Å². The van der Waals surface area contributed by atoms with E-state index in [-0.39, 0.29) is 18.0 Å². The van der Waals surface area contributed by atoms with Crippen LogP contribution in [0.4, 0.5) is 5.69 Å². The first-order valence-electron chi connectivity index (χ1n) is 10.4. The highest BCUT2D eigenvalue weighted by Crippen LogP contribution is 2.34. The molecule has 0 aromatic heterocycles. The molecule has 0 bridgehead atoms. The maximum atomic E-state index is 12.5. The molecule has 35 heavy (non-hydrogen) atoms. The molecule has 0 radical (unpaired) electrons. The molecule has 1 aromatic carbocycles. The highest BCUT2D eigenvalue weighted by atomic mass is 16.7. The molecule has 5 unspecified atom stereocenters. The minimum absolute atomic E-state index is 0.00989. The number of carbonyl (C=O) groups is 5. The van der Waals surface area contributed by atoms with Gasteiger partial charge in [-0.2, -0.15) is 0 Å². The fraction of sp³-hybridized carbons (Fsp3) is 0.500. The molecule has 192 valence electrons. The number of ether oxygens (including phenoxy) is 6. The zero-order valence-corrected chi connectivity index (χ0v) is 19.8. The molecule has 0 saturated carbocycles. The Morgan fingerprint density at radius 3 is 2.00 bits per heavy atom. The lowest BCUT2D eigenvalue weighted by atomic mass is 9.97. The average molecular weight is 497 g/mol. The number of hydrogen-bond acceptors (Lipinski definition) is 12. The summed E-state index contributed by atoms with van der Waals surface area (Å²) in [7, 11) is 1.06. The first kappa shape index (κ1) is 27.5. The van der Waals surface area contributed by atoms with Crippen molar-refractivity contribution in [2.45, 2.75) is 65.0 Å². The minimum Gasteiger partial charge on any atom is -0.467 e. The van der Waals surface area contributed by atoms with E-state index in [1.807, 2.05) is 0 Å². The highest BCUT2D eigenvalue weighted by Gasteiger charge is 2.56. The summed E-state index contributed by atoms with van der Waals surface area (Å²) in [6.07, 6.45) is -7.80. The van der Waals surface area contributed by atoms with Gasteiger partial charge in [-0.3, -0.25) is 19.2 Å². The van der Waals surface area contributed by atoms with Crippen LogP contribution in [-0.4, -0.2) is 72.7 Å². The van der Waals surface area contributed by atoms with Gasteiger partial charge in [-0.25, -0.2) is 4.79 Å². The van der Waals surface area contributed by atoms with E-state index in [2.05, 4.69) is 5.32 Å². The zero-order valence-electron chi connectivity index (χ0n) is 19.8. The first-order valence-corrected chi connectivity index (χ1v) is 10.4. The van der Waals surface area contributed by atoms with Crippen molar-refractivity contribution in [1.29, 1.82) is 0 Å². The summed E-state index contributed by atoms with van der Waals surface area (Å²) in [5, 5.41) is 11.9. The molecule has 0 spiro atoms. The molecule has 0 aliphatic carbocycles. The van der Waals surface area contributed by atoms with E-state index in [0.717, 1.165) is 27.9 Å². The predicted molar refractivity (Wildman–Crippen MR) is 115 cm³/mol. The number of anilines is 1. The number of nitrogens with one attached hydrogen (secondary N) is 1. The molecule has 1 aliphatic rings. The topological polar surface area (TPSA) is 173 Å². The summed E-state index contributed by atoms with van der Waals surface area (Å²) in [5.74, 6) is -3.92. The number of esters is 4. The Labute approximate surface area is 200 Å². The summed E-state index contributed by atoms with van der Waals surface area (Å²) in [6.45, 7) is 4.13. The second-order valence-corrected chi connectivity index (χ2v) is 7.46. The van der Waals surface area contributed by atoms with Gasteiger partial charge < -0.3 is 38.8 Å². The van der Waals surface area contributed by atoms with Crippen LogP contribution in [0, 0.1) is 0 Å². The van der Waals surface area contributed by atoms with Crippen LogP contribution in [0.3, 0.4) is 0 Å². The Bertz CT molecular complexity index is 977. The number of amides is 1. The van der Waals surface area contributed by atoms with E-state index in [1.54, 1.807) is 0 Å². The van der Waals surface area contributed by atoms with Gasteiger partial charge in [-0.15, -0.1) is 0 Å². The number of methoxy groups -OCH3 is 1. The SMILES string of the molecule is COC(=O)C1OC(Oc2ccc(CO)cc2NC(C)=O)C(OC(C)=O)C(OC(C)=O)C1OC(C)=O. The van der Waals surface area contributed by atoms with Crippen molar-refractivity contribution in [3.8, 4) is 5.75 Å². The molecule has 13 nitrogen and oxygen atoms in total. The van der Waals surface area contributed by atoms with Crippen molar-refractivity contribution >= 4 is 35.5 Å². The van der Waals surface area contributed by atoms with Crippen LogP contribution in [0.2, 0.25) is 0 Å². The van der Waals surface area contributed by atoms with E-state index < -0.39 is 60.5 Å². The van der Waals surface area contributed by atoms with Crippen LogP contribution in [0.5, 0.6) is 5.75 Å². The number of rotatable bonds is 8. The van der Waals surface area contributed by atoms with Crippen molar-refractivity contribution < 1.29 is 57.5 Å². The van der Waals surface area contributed by atoms with Crippen LogP contribution in [0.15, 0.2) is 18.2 Å². The molecule has 5 atom stereocenters. The zero-order chi connectivity index (χ0) is 26.3. The molecule has 1 aliphatic heterocycles. The molecular formula is C22H27NO12. The van der Waals surface area contributed by atoms with Crippen molar-refractivity contribution in [2.24, 2.45) is 0 Å². The molecule has 2 rings (SSSR count). The predicted octanol–water partition coefficient (Wildman–Crippen LogP) is 0.209. The fourth-order valence-corrected chi connectivity index (χ4v) is 3.37.